The van der Waals surface area contributed by atoms with Crippen LogP contribution in [0.25, 0.3) is 0 Å². The standard InChI is InChI=1S/C25H26N2O2/c28-25(26-22-11-13-23(14-12-22)27-15-17-29-18-16-27)19-24(20-7-3-1-4-8-20)21-9-5-2-6-10-21/h1-14,24H,15-19H2,(H,26,28). The zero-order chi connectivity index (χ0) is 19.9. The molecule has 0 aromatic heterocycles. The summed E-state index contributed by atoms with van der Waals surface area (Å²) < 4.78 is 5.41. The molecular formula is C25H26N2O2. The number of nitrogens with zero attached hydrogens (tertiary/aromatic N) is 1. The lowest BCUT2D eigenvalue weighted by Crippen LogP contribution is -2.36. The van der Waals surface area contributed by atoms with Gasteiger partial charge in [0.05, 0.1) is 13.2 Å². The van der Waals surface area contributed by atoms with Crippen LogP contribution in [0.2, 0.25) is 0 Å². The lowest BCUT2D eigenvalue weighted by atomic mass is 9.88. The number of ether oxygens (including phenoxy) is 1. The Morgan fingerprint density at radius 2 is 1.38 bits per heavy atom. The Balaban J connectivity index is 1.44. The number of carbonyl (C=O) groups is 1. The van der Waals surface area contributed by atoms with Crippen molar-refractivity contribution in [1.82, 2.24) is 0 Å². The fourth-order valence-electron chi connectivity index (χ4n) is 3.77. The summed E-state index contributed by atoms with van der Waals surface area (Å²) in [6, 6.07) is 28.5. The minimum Gasteiger partial charge on any atom is -0.378 e. The summed E-state index contributed by atoms with van der Waals surface area (Å²) in [5.74, 6) is 0.0480. The van der Waals surface area contributed by atoms with E-state index in [1.54, 1.807) is 0 Å². The van der Waals surface area contributed by atoms with Crippen molar-refractivity contribution in [2.45, 2.75) is 12.3 Å². The Labute approximate surface area is 172 Å². The number of morpholine rings is 1. The quantitative estimate of drug-likeness (QED) is 0.669. The second-order valence-corrected chi connectivity index (χ2v) is 7.27. The second kappa shape index (κ2) is 9.39. The molecule has 1 aliphatic rings. The van der Waals surface area contributed by atoms with Gasteiger partial charge in [0.15, 0.2) is 0 Å². The van der Waals surface area contributed by atoms with Crippen LogP contribution < -0.4 is 10.2 Å². The lowest BCUT2D eigenvalue weighted by Gasteiger charge is -2.28. The first kappa shape index (κ1) is 19.2. The van der Waals surface area contributed by atoms with Crippen molar-refractivity contribution in [1.29, 1.82) is 0 Å². The number of hydrogen-bond acceptors (Lipinski definition) is 3. The van der Waals surface area contributed by atoms with Crippen LogP contribution in [0.15, 0.2) is 84.9 Å². The van der Waals surface area contributed by atoms with E-state index < -0.39 is 0 Å². The first-order chi connectivity index (χ1) is 14.3. The van der Waals surface area contributed by atoms with Crippen molar-refractivity contribution in [3.8, 4) is 0 Å². The Morgan fingerprint density at radius 1 is 0.828 bits per heavy atom. The van der Waals surface area contributed by atoms with Gasteiger partial charge in [-0.2, -0.15) is 0 Å². The van der Waals surface area contributed by atoms with Crippen molar-refractivity contribution in [3.05, 3.63) is 96.1 Å². The van der Waals surface area contributed by atoms with Crippen LogP contribution in [0, 0.1) is 0 Å². The van der Waals surface area contributed by atoms with Crippen molar-refractivity contribution in [3.63, 3.8) is 0 Å². The average Bonchev–Trinajstić information content (AvgIpc) is 2.80. The largest absolute Gasteiger partial charge is 0.378 e. The number of benzene rings is 3. The molecule has 0 aliphatic carbocycles. The molecule has 29 heavy (non-hydrogen) atoms. The molecule has 1 aliphatic heterocycles. The minimum atomic E-state index is 0.0156. The molecule has 0 atom stereocenters. The first-order valence-corrected chi connectivity index (χ1v) is 10.1. The predicted octanol–water partition coefficient (Wildman–Crippen LogP) is 4.68. The normalized spacial score (nSPS) is 14.0. The van der Waals surface area contributed by atoms with Gasteiger partial charge in [0.1, 0.15) is 0 Å². The molecule has 0 bridgehead atoms. The third-order valence-electron chi connectivity index (χ3n) is 5.32. The summed E-state index contributed by atoms with van der Waals surface area (Å²) in [6.45, 7) is 3.33. The van der Waals surface area contributed by atoms with Crippen molar-refractivity contribution in [2.75, 3.05) is 36.5 Å². The monoisotopic (exact) mass is 386 g/mol. The summed E-state index contributed by atoms with van der Waals surface area (Å²) in [5.41, 5.74) is 4.29. The van der Waals surface area contributed by atoms with Gasteiger partial charge in [0, 0.05) is 36.8 Å². The van der Waals surface area contributed by atoms with Gasteiger partial charge in [-0.05, 0) is 35.4 Å². The van der Waals surface area contributed by atoms with Gasteiger partial charge in [0.2, 0.25) is 5.91 Å². The van der Waals surface area contributed by atoms with Gasteiger partial charge in [0.25, 0.3) is 0 Å². The molecule has 0 unspecified atom stereocenters. The van der Waals surface area contributed by atoms with E-state index in [1.807, 2.05) is 48.5 Å². The minimum absolute atomic E-state index is 0.0156. The first-order valence-electron chi connectivity index (χ1n) is 10.1. The zero-order valence-corrected chi connectivity index (χ0v) is 16.5. The summed E-state index contributed by atoms with van der Waals surface area (Å²) in [6.07, 6.45) is 0.402. The highest BCUT2D eigenvalue weighted by Gasteiger charge is 2.18. The van der Waals surface area contributed by atoms with Crippen LogP contribution in [0.4, 0.5) is 11.4 Å². The smallest absolute Gasteiger partial charge is 0.225 e. The Morgan fingerprint density at radius 3 is 1.93 bits per heavy atom. The number of carbonyl (C=O) groups excluding carboxylic acids is 1. The Bertz CT molecular complexity index is 865. The van der Waals surface area contributed by atoms with Gasteiger partial charge in [-0.1, -0.05) is 60.7 Å². The van der Waals surface area contributed by atoms with Crippen molar-refractivity contribution in [2.24, 2.45) is 0 Å². The predicted molar refractivity (Wildman–Crippen MR) is 117 cm³/mol. The number of nitrogens with one attached hydrogen (secondary N) is 1. The van der Waals surface area contributed by atoms with Crippen LogP contribution in [0.5, 0.6) is 0 Å². The molecule has 3 aromatic rings. The molecule has 0 saturated carbocycles. The number of rotatable bonds is 6. The van der Waals surface area contributed by atoms with Crippen molar-refractivity contribution < 1.29 is 9.53 Å². The molecule has 3 aromatic carbocycles. The topological polar surface area (TPSA) is 41.6 Å². The van der Waals surface area contributed by atoms with E-state index >= 15 is 0 Å². The molecule has 1 N–H and O–H groups in total. The Kier molecular flexibility index (Phi) is 6.22. The van der Waals surface area contributed by atoms with Gasteiger partial charge >= 0.3 is 0 Å². The summed E-state index contributed by atoms with van der Waals surface area (Å²) >= 11 is 0. The molecule has 4 heteroatoms. The summed E-state index contributed by atoms with van der Waals surface area (Å²) in [7, 11) is 0. The van der Waals surface area contributed by atoms with E-state index in [0.29, 0.717) is 6.42 Å². The number of amides is 1. The summed E-state index contributed by atoms with van der Waals surface area (Å²) in [5, 5.41) is 3.06. The van der Waals surface area contributed by atoms with Crippen LogP contribution >= 0.6 is 0 Å². The van der Waals surface area contributed by atoms with E-state index in [4.69, 9.17) is 4.74 Å². The molecule has 1 fully saturated rings. The molecule has 0 radical (unpaired) electrons. The fourth-order valence-corrected chi connectivity index (χ4v) is 3.77. The molecular weight excluding hydrogens is 360 g/mol. The fraction of sp³-hybridized carbons (Fsp3) is 0.240. The van der Waals surface area contributed by atoms with E-state index in [9.17, 15) is 4.79 Å². The van der Waals surface area contributed by atoms with Crippen LogP contribution in [-0.4, -0.2) is 32.2 Å². The molecule has 148 valence electrons. The lowest BCUT2D eigenvalue weighted by molar-refractivity contribution is -0.116. The highest BCUT2D eigenvalue weighted by Crippen LogP contribution is 2.28. The molecule has 1 amide bonds. The number of anilines is 2. The maximum Gasteiger partial charge on any atom is 0.225 e. The third-order valence-corrected chi connectivity index (χ3v) is 5.32. The summed E-state index contributed by atoms with van der Waals surface area (Å²) in [4.78, 5) is 15.1. The van der Waals surface area contributed by atoms with Crippen LogP contribution in [0.1, 0.15) is 23.5 Å². The number of hydrogen-bond donors (Lipinski definition) is 1. The van der Waals surface area contributed by atoms with E-state index in [2.05, 4.69) is 46.6 Å². The van der Waals surface area contributed by atoms with Gasteiger partial charge in [-0.3, -0.25) is 4.79 Å². The third kappa shape index (κ3) is 5.04. The van der Waals surface area contributed by atoms with E-state index in [0.717, 1.165) is 48.8 Å². The molecule has 1 heterocycles. The highest BCUT2D eigenvalue weighted by atomic mass is 16.5. The van der Waals surface area contributed by atoms with Gasteiger partial charge < -0.3 is 15.0 Å². The Hall–Kier alpha value is -3.11. The molecule has 0 spiro atoms. The zero-order valence-electron chi connectivity index (χ0n) is 16.5. The van der Waals surface area contributed by atoms with Gasteiger partial charge in [-0.15, -0.1) is 0 Å². The van der Waals surface area contributed by atoms with E-state index in [1.165, 1.54) is 0 Å². The van der Waals surface area contributed by atoms with Crippen LogP contribution in [-0.2, 0) is 9.53 Å². The second-order valence-electron chi connectivity index (χ2n) is 7.27. The molecule has 4 nitrogen and oxygen atoms in total. The van der Waals surface area contributed by atoms with Crippen molar-refractivity contribution >= 4 is 17.3 Å². The highest BCUT2D eigenvalue weighted by molar-refractivity contribution is 5.91. The average molecular weight is 386 g/mol. The molecule has 1 saturated heterocycles. The van der Waals surface area contributed by atoms with Crippen LogP contribution in [0.3, 0.4) is 0 Å². The maximum absolute atomic E-state index is 12.8. The SMILES string of the molecule is O=C(CC(c1ccccc1)c1ccccc1)Nc1ccc(N2CCOCC2)cc1. The maximum atomic E-state index is 12.8. The van der Waals surface area contributed by atoms with E-state index in [-0.39, 0.29) is 11.8 Å². The van der Waals surface area contributed by atoms with Gasteiger partial charge in [-0.25, -0.2) is 0 Å². The molecule has 4 rings (SSSR count).